The van der Waals surface area contributed by atoms with Crippen molar-refractivity contribution in [3.05, 3.63) is 29.3 Å². The third-order valence-electron chi connectivity index (χ3n) is 3.76. The molecule has 0 bridgehead atoms. The van der Waals surface area contributed by atoms with Crippen LogP contribution in [0.15, 0.2) is 18.2 Å². The van der Waals surface area contributed by atoms with E-state index in [1.54, 1.807) is 0 Å². The average molecular weight is 203 g/mol. The van der Waals surface area contributed by atoms with E-state index in [1.807, 2.05) is 0 Å². The first-order valence-corrected chi connectivity index (χ1v) is 5.88. The van der Waals surface area contributed by atoms with Gasteiger partial charge in [0.1, 0.15) is 0 Å². The summed E-state index contributed by atoms with van der Waals surface area (Å²) in [6.07, 6.45) is 4.50. The number of hydrogen-bond donors (Lipinski definition) is 1. The van der Waals surface area contributed by atoms with Crippen LogP contribution in [-0.4, -0.2) is 24.3 Å². The standard InChI is InChI=1S/C13H17NO/c15-9-7-12-5-4-10-2-1-3-11-6-8-14(12)13(10)11/h1-3,12,15H,4-9H2. The SMILES string of the molecule is OCCC1CCc2cccc3c2N1CC3. The maximum absolute atomic E-state index is 9.07. The molecule has 1 N–H and O–H groups in total. The fourth-order valence-corrected chi connectivity index (χ4v) is 3.06. The molecule has 80 valence electrons. The summed E-state index contributed by atoms with van der Waals surface area (Å²) in [6, 6.07) is 7.27. The second kappa shape index (κ2) is 3.53. The molecule has 0 amide bonds. The summed E-state index contributed by atoms with van der Waals surface area (Å²) in [5, 5.41) is 9.07. The van der Waals surface area contributed by atoms with Crippen molar-refractivity contribution in [2.24, 2.45) is 0 Å². The third-order valence-corrected chi connectivity index (χ3v) is 3.76. The molecule has 2 aliphatic rings. The fraction of sp³-hybridized carbons (Fsp3) is 0.538. The number of para-hydroxylation sites is 1. The Labute approximate surface area is 90.5 Å². The van der Waals surface area contributed by atoms with Crippen LogP contribution in [0.5, 0.6) is 0 Å². The molecule has 2 heteroatoms. The van der Waals surface area contributed by atoms with Crippen molar-refractivity contribution < 1.29 is 5.11 Å². The summed E-state index contributed by atoms with van der Waals surface area (Å²) in [6.45, 7) is 1.47. The van der Waals surface area contributed by atoms with Crippen molar-refractivity contribution in [2.45, 2.75) is 31.7 Å². The Bertz CT molecular complexity index is 375. The van der Waals surface area contributed by atoms with Crippen LogP contribution in [0, 0.1) is 0 Å². The van der Waals surface area contributed by atoms with Crippen molar-refractivity contribution >= 4 is 5.69 Å². The lowest BCUT2D eigenvalue weighted by molar-refractivity contribution is 0.268. The molecule has 0 aromatic heterocycles. The van der Waals surface area contributed by atoms with Crippen LogP contribution in [-0.2, 0) is 12.8 Å². The molecule has 1 atom stereocenters. The van der Waals surface area contributed by atoms with Crippen molar-refractivity contribution in [2.75, 3.05) is 18.1 Å². The first kappa shape index (κ1) is 9.22. The van der Waals surface area contributed by atoms with Crippen molar-refractivity contribution in [1.82, 2.24) is 0 Å². The van der Waals surface area contributed by atoms with Crippen LogP contribution in [0.25, 0.3) is 0 Å². The van der Waals surface area contributed by atoms with Crippen molar-refractivity contribution in [3.8, 4) is 0 Å². The van der Waals surface area contributed by atoms with Gasteiger partial charge in [0.15, 0.2) is 0 Å². The molecule has 15 heavy (non-hydrogen) atoms. The molecule has 1 aromatic carbocycles. The molecule has 1 unspecified atom stereocenters. The smallest absolute Gasteiger partial charge is 0.0450 e. The van der Waals surface area contributed by atoms with Crippen molar-refractivity contribution in [1.29, 1.82) is 0 Å². The molecule has 1 aromatic rings. The lowest BCUT2D eigenvalue weighted by Gasteiger charge is -2.35. The molecule has 0 radical (unpaired) electrons. The van der Waals surface area contributed by atoms with Crippen LogP contribution >= 0.6 is 0 Å². The lowest BCUT2D eigenvalue weighted by atomic mass is 9.94. The highest BCUT2D eigenvalue weighted by Gasteiger charge is 2.31. The average Bonchev–Trinajstić information content (AvgIpc) is 2.69. The number of aliphatic hydroxyl groups excluding tert-OH is 1. The largest absolute Gasteiger partial charge is 0.396 e. The fourth-order valence-electron chi connectivity index (χ4n) is 3.06. The number of hydrogen-bond acceptors (Lipinski definition) is 2. The number of benzene rings is 1. The molecule has 2 aliphatic heterocycles. The van der Waals surface area contributed by atoms with Crippen LogP contribution in [0.1, 0.15) is 24.0 Å². The van der Waals surface area contributed by atoms with Gasteiger partial charge in [0.2, 0.25) is 0 Å². The zero-order chi connectivity index (χ0) is 10.3. The van der Waals surface area contributed by atoms with Crippen LogP contribution in [0.4, 0.5) is 5.69 Å². The molecular weight excluding hydrogens is 186 g/mol. The van der Waals surface area contributed by atoms with Gasteiger partial charge in [0.05, 0.1) is 0 Å². The van der Waals surface area contributed by atoms with Crippen LogP contribution in [0.3, 0.4) is 0 Å². The predicted octanol–water partition coefficient (Wildman–Crippen LogP) is 1.75. The van der Waals surface area contributed by atoms with E-state index < -0.39 is 0 Å². The first-order valence-electron chi connectivity index (χ1n) is 5.88. The maximum atomic E-state index is 9.07. The third kappa shape index (κ3) is 1.36. The Hall–Kier alpha value is -1.02. The van der Waals surface area contributed by atoms with Crippen LogP contribution < -0.4 is 4.90 Å². The molecule has 2 nitrogen and oxygen atoms in total. The summed E-state index contributed by atoms with van der Waals surface area (Å²) in [4.78, 5) is 2.52. The summed E-state index contributed by atoms with van der Waals surface area (Å²) >= 11 is 0. The van der Waals surface area contributed by atoms with E-state index in [2.05, 4.69) is 23.1 Å². The monoisotopic (exact) mass is 203 g/mol. The topological polar surface area (TPSA) is 23.5 Å². The van der Waals surface area contributed by atoms with E-state index >= 15 is 0 Å². The normalized spacial score (nSPS) is 23.0. The number of aliphatic hydroxyl groups is 1. The van der Waals surface area contributed by atoms with Crippen molar-refractivity contribution in [3.63, 3.8) is 0 Å². The Morgan fingerprint density at radius 3 is 2.87 bits per heavy atom. The predicted molar refractivity (Wildman–Crippen MR) is 61.3 cm³/mol. The molecule has 0 aliphatic carbocycles. The summed E-state index contributed by atoms with van der Waals surface area (Å²) < 4.78 is 0. The van der Waals surface area contributed by atoms with Gasteiger partial charge < -0.3 is 10.0 Å². The van der Waals surface area contributed by atoms with Gasteiger partial charge in [-0.2, -0.15) is 0 Å². The minimum Gasteiger partial charge on any atom is -0.396 e. The number of rotatable bonds is 2. The lowest BCUT2D eigenvalue weighted by Crippen LogP contribution is -2.38. The van der Waals surface area contributed by atoms with E-state index in [-0.39, 0.29) is 0 Å². The van der Waals surface area contributed by atoms with Gasteiger partial charge in [-0.25, -0.2) is 0 Å². The molecule has 0 saturated heterocycles. The molecular formula is C13H17NO. The molecule has 2 heterocycles. The minimum absolute atomic E-state index is 0.318. The van der Waals surface area contributed by atoms with E-state index in [4.69, 9.17) is 5.11 Å². The highest BCUT2D eigenvalue weighted by atomic mass is 16.3. The number of aryl methyl sites for hydroxylation is 1. The maximum Gasteiger partial charge on any atom is 0.0450 e. The zero-order valence-electron chi connectivity index (χ0n) is 8.95. The molecule has 0 saturated carbocycles. The summed E-state index contributed by atoms with van der Waals surface area (Å²) in [5.74, 6) is 0. The van der Waals surface area contributed by atoms with Gasteiger partial charge in [0.25, 0.3) is 0 Å². The van der Waals surface area contributed by atoms with E-state index in [1.165, 1.54) is 36.1 Å². The first-order chi connectivity index (χ1) is 7.40. The molecule has 3 rings (SSSR count). The second-order valence-electron chi connectivity index (χ2n) is 4.57. The Morgan fingerprint density at radius 1 is 1.27 bits per heavy atom. The quantitative estimate of drug-likeness (QED) is 0.791. The molecule has 0 fully saturated rings. The van der Waals surface area contributed by atoms with Gasteiger partial charge >= 0.3 is 0 Å². The Morgan fingerprint density at radius 2 is 2.07 bits per heavy atom. The zero-order valence-corrected chi connectivity index (χ0v) is 8.95. The van der Waals surface area contributed by atoms with Gasteiger partial charge in [0, 0.05) is 24.9 Å². The molecule has 0 spiro atoms. The van der Waals surface area contributed by atoms with Gasteiger partial charge in [-0.15, -0.1) is 0 Å². The number of anilines is 1. The highest BCUT2D eigenvalue weighted by Crippen LogP contribution is 2.39. The van der Waals surface area contributed by atoms with Gasteiger partial charge in [-0.3, -0.25) is 0 Å². The van der Waals surface area contributed by atoms with Gasteiger partial charge in [-0.1, -0.05) is 18.2 Å². The summed E-state index contributed by atoms with van der Waals surface area (Å²) in [5.41, 5.74) is 4.51. The van der Waals surface area contributed by atoms with E-state index in [9.17, 15) is 0 Å². The van der Waals surface area contributed by atoms with E-state index in [0.29, 0.717) is 12.6 Å². The second-order valence-corrected chi connectivity index (χ2v) is 4.57. The van der Waals surface area contributed by atoms with Gasteiger partial charge in [-0.05, 0) is 36.8 Å². The van der Waals surface area contributed by atoms with E-state index in [0.717, 1.165) is 13.0 Å². The van der Waals surface area contributed by atoms with Crippen LogP contribution in [0.2, 0.25) is 0 Å². The highest BCUT2D eigenvalue weighted by molar-refractivity contribution is 5.65. The number of nitrogens with zero attached hydrogens (tertiary/aromatic N) is 1. The minimum atomic E-state index is 0.318. The Kier molecular flexibility index (Phi) is 2.17. The Balaban J connectivity index is 1.99. The summed E-state index contributed by atoms with van der Waals surface area (Å²) in [7, 11) is 0.